The number of benzene rings is 1. The quantitative estimate of drug-likeness (QED) is 0.522. The van der Waals surface area contributed by atoms with Crippen molar-refractivity contribution < 1.29 is 14.3 Å². The van der Waals surface area contributed by atoms with E-state index in [2.05, 4.69) is 25.7 Å². The minimum atomic E-state index is -0.494. The van der Waals surface area contributed by atoms with Crippen LogP contribution in [0, 0.1) is 0 Å². The van der Waals surface area contributed by atoms with Gasteiger partial charge in [0.25, 0.3) is 0 Å². The number of carbonyl (C=O) groups is 2. The molecule has 1 saturated heterocycles. The zero-order chi connectivity index (χ0) is 19.6. The Bertz CT molecular complexity index is 660. The number of anilines is 1. The first kappa shape index (κ1) is 20.5. The lowest BCUT2D eigenvalue weighted by molar-refractivity contribution is -0.129. The highest BCUT2D eigenvalue weighted by atomic mass is 16.5. The molecule has 1 atom stereocenters. The number of rotatable bonds is 6. The number of nitrogens with zero attached hydrogens (tertiary/aromatic N) is 2. The van der Waals surface area contributed by atoms with Gasteiger partial charge < -0.3 is 20.3 Å². The lowest BCUT2D eigenvalue weighted by atomic mass is 10.2. The van der Waals surface area contributed by atoms with Gasteiger partial charge in [-0.25, -0.2) is 9.79 Å². The minimum Gasteiger partial charge on any atom is -0.453 e. The van der Waals surface area contributed by atoms with Crippen molar-refractivity contribution in [1.82, 2.24) is 15.5 Å². The van der Waals surface area contributed by atoms with E-state index in [0.717, 1.165) is 31.0 Å². The number of guanidine groups is 1. The van der Waals surface area contributed by atoms with Gasteiger partial charge in [-0.2, -0.15) is 0 Å². The van der Waals surface area contributed by atoms with E-state index in [1.54, 1.807) is 0 Å². The second-order valence-corrected chi connectivity index (χ2v) is 6.33. The Morgan fingerprint density at radius 3 is 2.63 bits per heavy atom. The molecular weight excluding hydrogens is 346 g/mol. The maximum atomic E-state index is 11.8. The molecule has 0 saturated carbocycles. The van der Waals surface area contributed by atoms with E-state index < -0.39 is 6.09 Å². The molecule has 0 aromatic heterocycles. The Hall–Kier alpha value is -2.77. The Morgan fingerprint density at radius 1 is 1.26 bits per heavy atom. The molecule has 148 valence electrons. The van der Waals surface area contributed by atoms with Crippen molar-refractivity contribution in [3.63, 3.8) is 0 Å². The van der Waals surface area contributed by atoms with Crippen molar-refractivity contribution in [2.45, 2.75) is 39.3 Å². The molecule has 1 aliphatic heterocycles. The fraction of sp³-hybridized carbons (Fsp3) is 0.526. The van der Waals surface area contributed by atoms with Crippen LogP contribution < -0.4 is 16.0 Å². The van der Waals surface area contributed by atoms with Crippen LogP contribution in [-0.2, 0) is 16.1 Å². The van der Waals surface area contributed by atoms with Crippen molar-refractivity contribution in [2.75, 3.05) is 32.1 Å². The topological polar surface area (TPSA) is 95.1 Å². The molecule has 1 unspecified atom stereocenters. The molecular formula is C19H29N5O3. The third kappa shape index (κ3) is 6.47. The molecule has 2 amide bonds. The second-order valence-electron chi connectivity index (χ2n) is 6.33. The fourth-order valence-electron chi connectivity index (χ4n) is 2.87. The molecule has 0 radical (unpaired) electrons. The van der Waals surface area contributed by atoms with Gasteiger partial charge in [0.1, 0.15) is 0 Å². The molecule has 0 bridgehead atoms. The standard InChI is InChI=1S/C19H29N5O3/c1-4-17(25)24-11-10-16(13-24)22-18(20-5-2)21-12-14-6-8-15(9-7-14)23-19(26)27-3/h6-9,16H,4-5,10-13H2,1-3H3,(H,23,26)(H2,20,21,22). The summed E-state index contributed by atoms with van der Waals surface area (Å²) in [6.07, 6.45) is 0.970. The first-order valence-corrected chi connectivity index (χ1v) is 9.32. The normalized spacial score (nSPS) is 16.8. The summed E-state index contributed by atoms with van der Waals surface area (Å²) in [5.41, 5.74) is 1.70. The van der Waals surface area contributed by atoms with E-state index in [1.807, 2.05) is 43.0 Å². The van der Waals surface area contributed by atoms with Gasteiger partial charge in [-0.3, -0.25) is 10.1 Å². The number of carbonyl (C=O) groups excluding carboxylic acids is 2. The van der Waals surface area contributed by atoms with Crippen LogP contribution in [0.5, 0.6) is 0 Å². The third-order valence-electron chi connectivity index (χ3n) is 4.33. The summed E-state index contributed by atoms with van der Waals surface area (Å²) in [4.78, 5) is 29.5. The summed E-state index contributed by atoms with van der Waals surface area (Å²) in [5.74, 6) is 0.937. The zero-order valence-electron chi connectivity index (χ0n) is 16.2. The van der Waals surface area contributed by atoms with E-state index in [-0.39, 0.29) is 11.9 Å². The summed E-state index contributed by atoms with van der Waals surface area (Å²) in [5, 5.41) is 9.27. The predicted molar refractivity (Wildman–Crippen MR) is 106 cm³/mol. The van der Waals surface area contributed by atoms with Crippen LogP contribution in [0.15, 0.2) is 29.3 Å². The number of aliphatic imine (C=N–C) groups is 1. The molecule has 1 aromatic rings. The lowest BCUT2D eigenvalue weighted by Crippen LogP contribution is -2.45. The monoisotopic (exact) mass is 375 g/mol. The van der Waals surface area contributed by atoms with E-state index in [9.17, 15) is 9.59 Å². The van der Waals surface area contributed by atoms with Gasteiger partial charge in [-0.05, 0) is 31.0 Å². The molecule has 8 nitrogen and oxygen atoms in total. The summed E-state index contributed by atoms with van der Waals surface area (Å²) >= 11 is 0. The number of likely N-dealkylation sites (tertiary alicyclic amines) is 1. The van der Waals surface area contributed by atoms with Crippen molar-refractivity contribution in [3.05, 3.63) is 29.8 Å². The summed E-state index contributed by atoms with van der Waals surface area (Å²) < 4.78 is 4.57. The molecule has 2 rings (SSSR count). The number of nitrogens with one attached hydrogen (secondary N) is 3. The van der Waals surface area contributed by atoms with Gasteiger partial charge in [0, 0.05) is 37.8 Å². The molecule has 27 heavy (non-hydrogen) atoms. The molecule has 3 N–H and O–H groups in total. The average molecular weight is 375 g/mol. The number of methoxy groups -OCH3 is 1. The first-order chi connectivity index (χ1) is 13.0. The summed E-state index contributed by atoms with van der Waals surface area (Å²) in [7, 11) is 1.33. The van der Waals surface area contributed by atoms with Crippen LogP contribution in [0.3, 0.4) is 0 Å². The lowest BCUT2D eigenvalue weighted by Gasteiger charge is -2.18. The van der Waals surface area contributed by atoms with Crippen molar-refractivity contribution in [3.8, 4) is 0 Å². The van der Waals surface area contributed by atoms with Gasteiger partial charge in [-0.15, -0.1) is 0 Å². The molecule has 1 fully saturated rings. The Labute approximate surface area is 160 Å². The highest BCUT2D eigenvalue weighted by molar-refractivity contribution is 5.84. The smallest absolute Gasteiger partial charge is 0.411 e. The molecule has 1 heterocycles. The SMILES string of the molecule is CCNC(=NCc1ccc(NC(=O)OC)cc1)NC1CCN(C(=O)CC)C1. The Balaban J connectivity index is 1.91. The second kappa shape index (κ2) is 10.4. The van der Waals surface area contributed by atoms with E-state index in [0.29, 0.717) is 25.2 Å². The van der Waals surface area contributed by atoms with Crippen molar-refractivity contribution >= 4 is 23.6 Å². The number of hydrogen-bond donors (Lipinski definition) is 3. The van der Waals surface area contributed by atoms with Crippen LogP contribution in [-0.4, -0.2) is 55.6 Å². The van der Waals surface area contributed by atoms with E-state index >= 15 is 0 Å². The van der Waals surface area contributed by atoms with Crippen molar-refractivity contribution in [1.29, 1.82) is 0 Å². The van der Waals surface area contributed by atoms with Crippen LogP contribution in [0.25, 0.3) is 0 Å². The largest absolute Gasteiger partial charge is 0.453 e. The number of amides is 2. The first-order valence-electron chi connectivity index (χ1n) is 9.32. The molecule has 1 aliphatic rings. The van der Waals surface area contributed by atoms with E-state index in [1.165, 1.54) is 7.11 Å². The minimum absolute atomic E-state index is 0.196. The average Bonchev–Trinajstić information content (AvgIpc) is 3.15. The van der Waals surface area contributed by atoms with Crippen LogP contribution in [0.1, 0.15) is 32.3 Å². The van der Waals surface area contributed by atoms with Gasteiger partial charge in [0.2, 0.25) is 5.91 Å². The third-order valence-corrected chi connectivity index (χ3v) is 4.33. The van der Waals surface area contributed by atoms with Gasteiger partial charge >= 0.3 is 6.09 Å². The van der Waals surface area contributed by atoms with Crippen LogP contribution >= 0.6 is 0 Å². The highest BCUT2D eigenvalue weighted by Crippen LogP contribution is 2.12. The van der Waals surface area contributed by atoms with Gasteiger partial charge in [-0.1, -0.05) is 19.1 Å². The predicted octanol–water partition coefficient (Wildman–Crippen LogP) is 1.93. The van der Waals surface area contributed by atoms with Gasteiger partial charge in [0.15, 0.2) is 5.96 Å². The number of ether oxygens (including phenoxy) is 1. The maximum absolute atomic E-state index is 11.8. The molecule has 0 spiro atoms. The van der Waals surface area contributed by atoms with E-state index in [4.69, 9.17) is 0 Å². The highest BCUT2D eigenvalue weighted by Gasteiger charge is 2.25. The zero-order valence-corrected chi connectivity index (χ0v) is 16.2. The Morgan fingerprint density at radius 2 is 2.00 bits per heavy atom. The Kier molecular flexibility index (Phi) is 7.91. The fourth-order valence-corrected chi connectivity index (χ4v) is 2.87. The summed E-state index contributed by atoms with van der Waals surface area (Å²) in [6.45, 7) is 6.69. The molecule has 0 aliphatic carbocycles. The maximum Gasteiger partial charge on any atom is 0.411 e. The molecule has 8 heteroatoms. The van der Waals surface area contributed by atoms with Gasteiger partial charge in [0.05, 0.1) is 13.7 Å². The van der Waals surface area contributed by atoms with Crippen LogP contribution in [0.4, 0.5) is 10.5 Å². The number of hydrogen-bond acceptors (Lipinski definition) is 4. The van der Waals surface area contributed by atoms with Crippen LogP contribution in [0.2, 0.25) is 0 Å². The summed E-state index contributed by atoms with van der Waals surface area (Å²) in [6, 6.07) is 7.66. The van der Waals surface area contributed by atoms with Crippen molar-refractivity contribution in [2.24, 2.45) is 4.99 Å². The molecule has 1 aromatic carbocycles.